The van der Waals surface area contributed by atoms with E-state index >= 15 is 0 Å². The summed E-state index contributed by atoms with van der Waals surface area (Å²) >= 11 is 0. The van der Waals surface area contributed by atoms with Crippen LogP contribution in [0.3, 0.4) is 0 Å². The number of phenols is 1. The predicted octanol–water partition coefficient (Wildman–Crippen LogP) is 3.53. The van der Waals surface area contributed by atoms with Gasteiger partial charge in [0.25, 0.3) is 5.91 Å². The number of carbonyl (C=O) groups excluding carboxylic acids is 1. The first kappa shape index (κ1) is 15.4. The van der Waals surface area contributed by atoms with Gasteiger partial charge in [-0.15, -0.1) is 0 Å². The summed E-state index contributed by atoms with van der Waals surface area (Å²) in [7, 11) is 0. The van der Waals surface area contributed by atoms with Gasteiger partial charge in [0, 0.05) is 5.69 Å². The number of rotatable bonds is 2. The monoisotopic (exact) mass is 306 g/mol. The summed E-state index contributed by atoms with van der Waals surface area (Å²) in [6, 6.07) is 9.73. The van der Waals surface area contributed by atoms with Crippen LogP contribution in [0.25, 0.3) is 0 Å². The normalized spacial score (nSPS) is 10.8. The SMILES string of the molecule is N#Cc1ccc(NC(=O)c2cc(C(F)(F)F)ccc2O)cc1. The molecule has 2 N–H and O–H groups in total. The number of alkyl halides is 3. The number of amides is 1. The molecule has 0 aliphatic heterocycles. The Hall–Kier alpha value is -3.01. The lowest BCUT2D eigenvalue weighted by molar-refractivity contribution is -0.137. The maximum Gasteiger partial charge on any atom is 0.416 e. The van der Waals surface area contributed by atoms with E-state index < -0.39 is 29.0 Å². The molecule has 0 aromatic heterocycles. The molecule has 0 radical (unpaired) electrons. The molecule has 2 rings (SSSR count). The van der Waals surface area contributed by atoms with Crippen LogP contribution in [0.15, 0.2) is 42.5 Å². The highest BCUT2D eigenvalue weighted by Crippen LogP contribution is 2.32. The summed E-state index contributed by atoms with van der Waals surface area (Å²) in [4.78, 5) is 12.0. The Bertz CT molecular complexity index is 747. The maximum absolute atomic E-state index is 12.6. The fourth-order valence-electron chi connectivity index (χ4n) is 1.72. The van der Waals surface area contributed by atoms with Crippen LogP contribution in [-0.2, 0) is 6.18 Å². The molecule has 0 aliphatic rings. The van der Waals surface area contributed by atoms with E-state index in [-0.39, 0.29) is 0 Å². The summed E-state index contributed by atoms with van der Waals surface area (Å²) in [5, 5.41) is 20.6. The van der Waals surface area contributed by atoms with Crippen molar-refractivity contribution in [2.75, 3.05) is 5.32 Å². The molecule has 0 aliphatic carbocycles. The molecule has 0 bridgehead atoms. The largest absolute Gasteiger partial charge is 0.507 e. The number of anilines is 1. The van der Waals surface area contributed by atoms with Crippen molar-refractivity contribution in [3.05, 3.63) is 59.2 Å². The minimum absolute atomic E-state index is 0.292. The Morgan fingerprint density at radius 1 is 1.14 bits per heavy atom. The Balaban J connectivity index is 2.27. The van der Waals surface area contributed by atoms with E-state index in [1.807, 2.05) is 6.07 Å². The molecule has 1 amide bonds. The molecule has 2 aromatic rings. The van der Waals surface area contributed by atoms with Crippen molar-refractivity contribution in [3.63, 3.8) is 0 Å². The highest BCUT2D eigenvalue weighted by Gasteiger charge is 2.31. The molecule has 0 unspecified atom stereocenters. The number of nitriles is 1. The number of halogens is 3. The van der Waals surface area contributed by atoms with E-state index in [9.17, 15) is 23.1 Å². The quantitative estimate of drug-likeness (QED) is 0.891. The molecule has 0 heterocycles. The van der Waals surface area contributed by atoms with Gasteiger partial charge in [-0.3, -0.25) is 4.79 Å². The summed E-state index contributed by atoms with van der Waals surface area (Å²) in [6.45, 7) is 0. The zero-order chi connectivity index (χ0) is 16.3. The topological polar surface area (TPSA) is 73.1 Å². The van der Waals surface area contributed by atoms with E-state index in [1.54, 1.807) is 0 Å². The maximum atomic E-state index is 12.6. The van der Waals surface area contributed by atoms with Crippen LogP contribution < -0.4 is 5.32 Å². The fraction of sp³-hybridized carbons (Fsp3) is 0.0667. The van der Waals surface area contributed by atoms with Crippen LogP contribution in [-0.4, -0.2) is 11.0 Å². The third-order valence-electron chi connectivity index (χ3n) is 2.84. The first-order chi connectivity index (χ1) is 10.3. The van der Waals surface area contributed by atoms with Gasteiger partial charge in [0.1, 0.15) is 5.75 Å². The molecular weight excluding hydrogens is 297 g/mol. The Kier molecular flexibility index (Phi) is 4.04. The van der Waals surface area contributed by atoms with Crippen LogP contribution in [0.2, 0.25) is 0 Å². The number of nitrogens with zero attached hydrogens (tertiary/aromatic N) is 1. The van der Waals surface area contributed by atoms with Crippen molar-refractivity contribution in [2.24, 2.45) is 0 Å². The first-order valence-electron chi connectivity index (χ1n) is 6.03. The second kappa shape index (κ2) is 5.77. The molecule has 22 heavy (non-hydrogen) atoms. The first-order valence-corrected chi connectivity index (χ1v) is 6.03. The molecule has 7 heteroatoms. The molecule has 0 spiro atoms. The van der Waals surface area contributed by atoms with E-state index in [0.717, 1.165) is 6.07 Å². The lowest BCUT2D eigenvalue weighted by Gasteiger charge is -2.11. The van der Waals surface area contributed by atoms with E-state index in [1.165, 1.54) is 24.3 Å². The van der Waals surface area contributed by atoms with Crippen LogP contribution in [0.5, 0.6) is 5.75 Å². The van der Waals surface area contributed by atoms with Crippen molar-refractivity contribution in [2.45, 2.75) is 6.18 Å². The van der Waals surface area contributed by atoms with Gasteiger partial charge in [0.2, 0.25) is 0 Å². The van der Waals surface area contributed by atoms with E-state index in [2.05, 4.69) is 5.32 Å². The lowest BCUT2D eigenvalue weighted by Crippen LogP contribution is -2.14. The van der Waals surface area contributed by atoms with Crippen molar-refractivity contribution in [1.82, 2.24) is 0 Å². The molecule has 4 nitrogen and oxygen atoms in total. The molecule has 0 saturated carbocycles. The highest BCUT2D eigenvalue weighted by molar-refractivity contribution is 6.06. The van der Waals surface area contributed by atoms with Crippen molar-refractivity contribution >= 4 is 11.6 Å². The van der Waals surface area contributed by atoms with Gasteiger partial charge in [0.05, 0.1) is 22.8 Å². The second-order valence-corrected chi connectivity index (χ2v) is 4.37. The standard InChI is InChI=1S/C15H9F3N2O2/c16-15(17,18)10-3-6-13(21)12(7-10)14(22)20-11-4-1-9(8-19)2-5-11/h1-7,21H,(H,20,22). The lowest BCUT2D eigenvalue weighted by atomic mass is 10.1. The van der Waals surface area contributed by atoms with Crippen LogP contribution >= 0.6 is 0 Å². The summed E-state index contributed by atoms with van der Waals surface area (Å²) in [5.74, 6) is -1.44. The van der Waals surface area contributed by atoms with Gasteiger partial charge in [0.15, 0.2) is 0 Å². The zero-order valence-electron chi connectivity index (χ0n) is 11.0. The average molecular weight is 306 g/mol. The third-order valence-corrected chi connectivity index (χ3v) is 2.84. The average Bonchev–Trinajstić information content (AvgIpc) is 2.47. The van der Waals surface area contributed by atoms with Gasteiger partial charge < -0.3 is 10.4 Å². The van der Waals surface area contributed by atoms with Crippen LogP contribution in [0, 0.1) is 11.3 Å². The Morgan fingerprint density at radius 2 is 1.77 bits per heavy atom. The Morgan fingerprint density at radius 3 is 2.32 bits per heavy atom. The molecule has 0 saturated heterocycles. The van der Waals surface area contributed by atoms with Crippen molar-refractivity contribution in [3.8, 4) is 11.8 Å². The predicted molar refractivity (Wildman–Crippen MR) is 72.2 cm³/mol. The summed E-state index contributed by atoms with van der Waals surface area (Å²) in [6.07, 6.45) is -4.61. The fourth-order valence-corrected chi connectivity index (χ4v) is 1.72. The summed E-state index contributed by atoms with van der Waals surface area (Å²) < 4.78 is 37.9. The second-order valence-electron chi connectivity index (χ2n) is 4.37. The smallest absolute Gasteiger partial charge is 0.416 e. The minimum atomic E-state index is -4.61. The van der Waals surface area contributed by atoms with Gasteiger partial charge >= 0.3 is 6.18 Å². The number of aromatic hydroxyl groups is 1. The summed E-state index contributed by atoms with van der Waals surface area (Å²) in [5.41, 5.74) is -0.852. The van der Waals surface area contributed by atoms with Gasteiger partial charge in [-0.2, -0.15) is 18.4 Å². The number of phenolic OH excluding ortho intramolecular Hbond substituents is 1. The van der Waals surface area contributed by atoms with E-state index in [0.29, 0.717) is 23.4 Å². The number of hydrogen-bond acceptors (Lipinski definition) is 3. The van der Waals surface area contributed by atoms with Crippen LogP contribution in [0.1, 0.15) is 21.5 Å². The zero-order valence-corrected chi connectivity index (χ0v) is 11.0. The van der Waals surface area contributed by atoms with Gasteiger partial charge in [-0.05, 0) is 42.5 Å². The van der Waals surface area contributed by atoms with E-state index in [4.69, 9.17) is 5.26 Å². The minimum Gasteiger partial charge on any atom is -0.507 e. The van der Waals surface area contributed by atoms with Crippen LogP contribution in [0.4, 0.5) is 18.9 Å². The van der Waals surface area contributed by atoms with Crippen molar-refractivity contribution in [1.29, 1.82) is 5.26 Å². The number of carbonyl (C=O) groups is 1. The van der Waals surface area contributed by atoms with Gasteiger partial charge in [-0.1, -0.05) is 0 Å². The molecule has 2 aromatic carbocycles. The molecular formula is C15H9F3N2O2. The number of nitrogens with one attached hydrogen (secondary N) is 1. The number of hydrogen-bond donors (Lipinski definition) is 2. The molecule has 0 fully saturated rings. The molecule has 112 valence electrons. The van der Waals surface area contributed by atoms with Crippen molar-refractivity contribution < 1.29 is 23.1 Å². The highest BCUT2D eigenvalue weighted by atomic mass is 19.4. The Labute approximate surface area is 123 Å². The third kappa shape index (κ3) is 3.35. The number of benzene rings is 2. The van der Waals surface area contributed by atoms with Gasteiger partial charge in [-0.25, -0.2) is 0 Å². The molecule has 0 atom stereocenters.